The van der Waals surface area contributed by atoms with Gasteiger partial charge in [-0.1, -0.05) is 24.3 Å². The predicted molar refractivity (Wildman–Crippen MR) is 80.0 cm³/mol. The summed E-state index contributed by atoms with van der Waals surface area (Å²) in [7, 11) is 0. The number of nitrogens with zero attached hydrogens (tertiary/aromatic N) is 1. The number of rotatable bonds is 4. The van der Waals surface area contributed by atoms with Crippen LogP contribution < -0.4 is 10.6 Å². The summed E-state index contributed by atoms with van der Waals surface area (Å²) in [6.45, 7) is 3.94. The summed E-state index contributed by atoms with van der Waals surface area (Å²) in [5.41, 5.74) is 2.68. The number of hydrogen-bond acceptors (Lipinski definition) is 4. The molecule has 6 heteroatoms. The van der Waals surface area contributed by atoms with Gasteiger partial charge < -0.3 is 10.4 Å². The second-order valence-electron chi connectivity index (χ2n) is 4.50. The van der Waals surface area contributed by atoms with Crippen molar-refractivity contribution in [2.45, 2.75) is 20.0 Å². The molecule has 0 saturated heterocycles. The van der Waals surface area contributed by atoms with Crippen LogP contribution in [0.5, 0.6) is 0 Å². The van der Waals surface area contributed by atoms with Gasteiger partial charge in [0.05, 0.1) is 11.8 Å². The Morgan fingerprint density at radius 3 is 2.80 bits per heavy atom. The summed E-state index contributed by atoms with van der Waals surface area (Å²) in [6.07, 6.45) is -0.722. The van der Waals surface area contributed by atoms with Crippen LogP contribution in [-0.4, -0.2) is 22.7 Å². The first-order valence-electron chi connectivity index (χ1n) is 6.27. The quantitative estimate of drug-likeness (QED) is 0.810. The third-order valence-corrected chi connectivity index (χ3v) is 3.72. The summed E-state index contributed by atoms with van der Waals surface area (Å²) in [5.74, 6) is 0. The van der Waals surface area contributed by atoms with E-state index < -0.39 is 6.10 Å². The Bertz CT molecular complexity index is 598. The summed E-state index contributed by atoms with van der Waals surface area (Å²) >= 11 is 1.37. The molecule has 0 aliphatic heterocycles. The molecule has 1 heterocycles. The van der Waals surface area contributed by atoms with E-state index >= 15 is 0 Å². The molecular formula is C14H17N3O2S. The number of anilines is 1. The Hall–Kier alpha value is -1.92. The van der Waals surface area contributed by atoms with Crippen molar-refractivity contribution in [1.29, 1.82) is 0 Å². The number of amides is 2. The van der Waals surface area contributed by atoms with Crippen LogP contribution in [0.4, 0.5) is 9.93 Å². The van der Waals surface area contributed by atoms with Gasteiger partial charge in [0.2, 0.25) is 0 Å². The molecule has 1 atom stereocenters. The van der Waals surface area contributed by atoms with Crippen molar-refractivity contribution in [2.75, 3.05) is 11.9 Å². The molecule has 3 N–H and O–H groups in total. The molecule has 0 radical (unpaired) electrons. The number of aliphatic hydroxyl groups excluding tert-OH is 1. The highest BCUT2D eigenvalue weighted by Gasteiger charge is 2.12. The number of carbonyl (C=O) groups excluding carboxylic acids is 1. The van der Waals surface area contributed by atoms with Gasteiger partial charge in [-0.15, -0.1) is 11.3 Å². The lowest BCUT2D eigenvalue weighted by Crippen LogP contribution is -2.32. The van der Waals surface area contributed by atoms with Crippen molar-refractivity contribution in [2.24, 2.45) is 0 Å². The zero-order valence-corrected chi connectivity index (χ0v) is 12.2. The number of carbonyl (C=O) groups is 1. The SMILES string of the molecule is Cc1csc(NC(=O)NCC(O)c2ccccc2C)n1. The third-order valence-electron chi connectivity index (χ3n) is 2.84. The Balaban J connectivity index is 1.85. The van der Waals surface area contributed by atoms with Crippen molar-refractivity contribution in [3.8, 4) is 0 Å². The lowest BCUT2D eigenvalue weighted by molar-refractivity contribution is 0.174. The van der Waals surface area contributed by atoms with E-state index in [4.69, 9.17) is 0 Å². The Kier molecular flexibility index (Phi) is 4.70. The van der Waals surface area contributed by atoms with Crippen LogP contribution in [-0.2, 0) is 0 Å². The number of aryl methyl sites for hydroxylation is 2. The van der Waals surface area contributed by atoms with E-state index in [9.17, 15) is 9.90 Å². The standard InChI is InChI=1S/C14H17N3O2S/c1-9-5-3-4-6-11(9)12(18)7-15-13(19)17-14-16-10(2)8-20-14/h3-6,8,12,18H,7H2,1-2H3,(H2,15,16,17,19). The lowest BCUT2D eigenvalue weighted by atomic mass is 10.0. The summed E-state index contributed by atoms with van der Waals surface area (Å²) < 4.78 is 0. The first kappa shape index (κ1) is 14.5. The van der Waals surface area contributed by atoms with E-state index in [1.54, 1.807) is 0 Å². The summed E-state index contributed by atoms with van der Waals surface area (Å²) in [6, 6.07) is 7.19. The fraction of sp³-hybridized carbons (Fsp3) is 0.286. The van der Waals surface area contributed by atoms with Crippen LogP contribution in [0.2, 0.25) is 0 Å². The number of aliphatic hydroxyl groups is 1. The van der Waals surface area contributed by atoms with Gasteiger partial charge in [0.25, 0.3) is 0 Å². The highest BCUT2D eigenvalue weighted by molar-refractivity contribution is 7.13. The van der Waals surface area contributed by atoms with Crippen LogP contribution >= 0.6 is 11.3 Å². The molecule has 0 spiro atoms. The molecule has 1 aromatic heterocycles. The van der Waals surface area contributed by atoms with Crippen LogP contribution in [0.3, 0.4) is 0 Å². The van der Waals surface area contributed by atoms with E-state index in [2.05, 4.69) is 15.6 Å². The van der Waals surface area contributed by atoms with Gasteiger partial charge >= 0.3 is 6.03 Å². The molecule has 2 amide bonds. The average molecular weight is 291 g/mol. The van der Waals surface area contributed by atoms with E-state index in [0.29, 0.717) is 5.13 Å². The van der Waals surface area contributed by atoms with E-state index in [1.807, 2.05) is 43.5 Å². The van der Waals surface area contributed by atoms with E-state index in [0.717, 1.165) is 16.8 Å². The first-order valence-corrected chi connectivity index (χ1v) is 7.15. The number of hydrogen-bond donors (Lipinski definition) is 3. The Morgan fingerprint density at radius 2 is 2.15 bits per heavy atom. The zero-order chi connectivity index (χ0) is 14.5. The van der Waals surface area contributed by atoms with Gasteiger partial charge in [-0.25, -0.2) is 9.78 Å². The van der Waals surface area contributed by atoms with Crippen LogP contribution in [0.1, 0.15) is 22.9 Å². The van der Waals surface area contributed by atoms with Gasteiger partial charge in [-0.05, 0) is 25.0 Å². The smallest absolute Gasteiger partial charge is 0.321 e. The van der Waals surface area contributed by atoms with Crippen molar-refractivity contribution in [3.05, 3.63) is 46.5 Å². The van der Waals surface area contributed by atoms with Crippen molar-refractivity contribution < 1.29 is 9.90 Å². The van der Waals surface area contributed by atoms with Crippen LogP contribution in [0, 0.1) is 13.8 Å². The van der Waals surface area contributed by atoms with Gasteiger partial charge in [0.15, 0.2) is 5.13 Å². The molecule has 2 aromatic rings. The largest absolute Gasteiger partial charge is 0.387 e. The van der Waals surface area contributed by atoms with Gasteiger partial charge in [-0.2, -0.15) is 0 Å². The number of thiazole rings is 1. The van der Waals surface area contributed by atoms with E-state index in [1.165, 1.54) is 11.3 Å². The second kappa shape index (κ2) is 6.49. The summed E-state index contributed by atoms with van der Waals surface area (Å²) in [4.78, 5) is 15.8. The van der Waals surface area contributed by atoms with Gasteiger partial charge in [0.1, 0.15) is 0 Å². The molecule has 0 fully saturated rings. The molecule has 1 unspecified atom stereocenters. The number of benzene rings is 1. The maximum Gasteiger partial charge on any atom is 0.321 e. The molecule has 2 rings (SSSR count). The minimum atomic E-state index is -0.722. The molecule has 0 saturated carbocycles. The fourth-order valence-electron chi connectivity index (χ4n) is 1.81. The number of urea groups is 1. The molecule has 0 aliphatic carbocycles. The molecule has 0 aliphatic rings. The molecule has 20 heavy (non-hydrogen) atoms. The maximum absolute atomic E-state index is 11.7. The second-order valence-corrected chi connectivity index (χ2v) is 5.36. The first-order chi connectivity index (χ1) is 9.56. The number of nitrogens with one attached hydrogen (secondary N) is 2. The average Bonchev–Trinajstić information content (AvgIpc) is 2.82. The van der Waals surface area contributed by atoms with Crippen LogP contribution in [0.15, 0.2) is 29.6 Å². The third kappa shape index (κ3) is 3.79. The lowest BCUT2D eigenvalue weighted by Gasteiger charge is -2.14. The van der Waals surface area contributed by atoms with Gasteiger partial charge in [0, 0.05) is 11.9 Å². The predicted octanol–water partition coefficient (Wildman–Crippen LogP) is 2.62. The Morgan fingerprint density at radius 1 is 1.40 bits per heavy atom. The molecule has 1 aromatic carbocycles. The van der Waals surface area contributed by atoms with Crippen molar-refractivity contribution >= 4 is 22.5 Å². The van der Waals surface area contributed by atoms with Crippen LogP contribution in [0.25, 0.3) is 0 Å². The Labute approximate surface area is 121 Å². The van der Waals surface area contributed by atoms with Gasteiger partial charge in [-0.3, -0.25) is 5.32 Å². The highest BCUT2D eigenvalue weighted by Crippen LogP contribution is 2.17. The van der Waals surface area contributed by atoms with E-state index in [-0.39, 0.29) is 12.6 Å². The number of aromatic nitrogens is 1. The maximum atomic E-state index is 11.7. The summed E-state index contributed by atoms with van der Waals surface area (Å²) in [5, 5.41) is 17.7. The monoisotopic (exact) mass is 291 g/mol. The molecule has 5 nitrogen and oxygen atoms in total. The topological polar surface area (TPSA) is 74.2 Å². The normalized spacial score (nSPS) is 11.9. The minimum absolute atomic E-state index is 0.154. The zero-order valence-electron chi connectivity index (χ0n) is 11.4. The molecule has 106 valence electrons. The molecule has 0 bridgehead atoms. The minimum Gasteiger partial charge on any atom is -0.387 e. The van der Waals surface area contributed by atoms with Crippen molar-refractivity contribution in [3.63, 3.8) is 0 Å². The highest BCUT2D eigenvalue weighted by atomic mass is 32.1. The van der Waals surface area contributed by atoms with Crippen molar-refractivity contribution in [1.82, 2.24) is 10.3 Å². The fourth-order valence-corrected chi connectivity index (χ4v) is 2.50. The molecular weight excluding hydrogens is 274 g/mol.